The summed E-state index contributed by atoms with van der Waals surface area (Å²) in [7, 11) is 1.68. The highest BCUT2D eigenvalue weighted by Crippen LogP contribution is 2.31. The molecule has 0 aromatic heterocycles. The number of nitrogens with zero attached hydrogens (tertiary/aromatic N) is 2. The summed E-state index contributed by atoms with van der Waals surface area (Å²) in [6.45, 7) is -0.981. The van der Waals surface area contributed by atoms with E-state index in [9.17, 15) is 13.2 Å². The van der Waals surface area contributed by atoms with Gasteiger partial charge in [-0.3, -0.25) is 4.99 Å². The Morgan fingerprint density at radius 3 is 2.68 bits per heavy atom. The van der Waals surface area contributed by atoms with Crippen molar-refractivity contribution in [2.45, 2.75) is 25.6 Å². The zero-order valence-electron chi connectivity index (χ0n) is 15.5. The monoisotopic (exact) mass is 392 g/mol. The molecule has 0 amide bonds. The summed E-state index contributed by atoms with van der Waals surface area (Å²) in [5.41, 5.74) is 1.59. The number of guanidine groups is 1. The maximum atomic E-state index is 13.0. The summed E-state index contributed by atoms with van der Waals surface area (Å²) in [6, 6.07) is 13.2. The largest absolute Gasteiger partial charge is 0.433 e. The highest BCUT2D eigenvalue weighted by molar-refractivity contribution is 5.80. The Labute approximate surface area is 162 Å². The fourth-order valence-corrected chi connectivity index (χ4v) is 3.19. The minimum atomic E-state index is -2.85. The third-order valence-corrected chi connectivity index (χ3v) is 4.55. The van der Waals surface area contributed by atoms with Crippen LogP contribution >= 0.6 is 0 Å². The molecule has 0 spiro atoms. The van der Waals surface area contributed by atoms with Gasteiger partial charge in [0, 0.05) is 32.7 Å². The number of aliphatic imine (C=N–C) groups is 1. The average Bonchev–Trinajstić information content (AvgIpc) is 3.14. The normalized spacial score (nSPS) is 17.1. The Bertz CT molecular complexity index is 798. The van der Waals surface area contributed by atoms with Crippen molar-refractivity contribution in [3.8, 4) is 5.75 Å². The van der Waals surface area contributed by atoms with Crippen molar-refractivity contribution < 1.29 is 17.9 Å². The molecule has 5 nitrogen and oxygen atoms in total. The van der Waals surface area contributed by atoms with Gasteiger partial charge in [-0.1, -0.05) is 24.3 Å². The van der Waals surface area contributed by atoms with Crippen LogP contribution in [0.5, 0.6) is 5.75 Å². The number of nitrogens with one attached hydrogen (secondary N) is 2. The second-order valence-corrected chi connectivity index (χ2v) is 6.47. The van der Waals surface area contributed by atoms with Gasteiger partial charge in [0.15, 0.2) is 5.96 Å². The van der Waals surface area contributed by atoms with Crippen molar-refractivity contribution in [3.63, 3.8) is 0 Å². The van der Waals surface area contributed by atoms with E-state index in [0.29, 0.717) is 24.7 Å². The second kappa shape index (κ2) is 9.34. The average molecular weight is 392 g/mol. The first-order chi connectivity index (χ1) is 13.5. The highest BCUT2D eigenvalue weighted by Gasteiger charge is 2.26. The standard InChI is InChI=1S/C20H23F3N4O/c1-24-20(25-12-14-6-8-15(21)9-7-14)26-16-10-11-27(13-16)17-4-2-3-5-18(17)28-19(22)23/h2-9,16,19H,10-13H2,1H3,(H2,24,25,26). The first-order valence-corrected chi connectivity index (χ1v) is 9.05. The van der Waals surface area contributed by atoms with E-state index in [-0.39, 0.29) is 17.6 Å². The summed E-state index contributed by atoms with van der Waals surface area (Å²) in [5.74, 6) is 0.540. The highest BCUT2D eigenvalue weighted by atomic mass is 19.3. The first kappa shape index (κ1) is 19.9. The Hall–Kier alpha value is -2.90. The van der Waals surface area contributed by atoms with Crippen LogP contribution in [-0.2, 0) is 6.54 Å². The van der Waals surface area contributed by atoms with Crippen molar-refractivity contribution in [2.75, 3.05) is 25.0 Å². The summed E-state index contributed by atoms with van der Waals surface area (Å²) >= 11 is 0. The zero-order chi connectivity index (χ0) is 19.9. The van der Waals surface area contributed by atoms with Gasteiger partial charge in [0.25, 0.3) is 0 Å². The molecule has 2 aromatic rings. The fourth-order valence-electron chi connectivity index (χ4n) is 3.19. The molecular formula is C20H23F3N4O. The molecule has 1 fully saturated rings. The van der Waals surface area contributed by atoms with Gasteiger partial charge in [0.1, 0.15) is 11.6 Å². The lowest BCUT2D eigenvalue weighted by atomic mass is 10.2. The molecule has 1 unspecified atom stereocenters. The van der Waals surface area contributed by atoms with Gasteiger partial charge in [-0.15, -0.1) is 0 Å². The van der Waals surface area contributed by atoms with E-state index < -0.39 is 6.61 Å². The number of hydrogen-bond donors (Lipinski definition) is 2. The predicted octanol–water partition coefficient (Wildman–Crippen LogP) is 3.37. The van der Waals surface area contributed by atoms with Crippen molar-refractivity contribution in [3.05, 3.63) is 59.9 Å². The molecule has 8 heteroatoms. The quantitative estimate of drug-likeness (QED) is 0.585. The van der Waals surface area contributed by atoms with Gasteiger partial charge in [-0.2, -0.15) is 8.78 Å². The third-order valence-electron chi connectivity index (χ3n) is 4.55. The van der Waals surface area contributed by atoms with Crippen LogP contribution in [0.3, 0.4) is 0 Å². The smallest absolute Gasteiger partial charge is 0.387 e. The lowest BCUT2D eigenvalue weighted by Gasteiger charge is -2.22. The molecule has 0 aliphatic carbocycles. The minimum absolute atomic E-state index is 0.110. The van der Waals surface area contributed by atoms with Crippen molar-refractivity contribution >= 4 is 11.6 Å². The summed E-state index contributed by atoms with van der Waals surface area (Å²) in [6.07, 6.45) is 0.834. The Balaban J connectivity index is 1.55. The number of ether oxygens (including phenoxy) is 1. The van der Waals surface area contributed by atoms with E-state index in [4.69, 9.17) is 0 Å². The van der Waals surface area contributed by atoms with Crippen LogP contribution < -0.4 is 20.3 Å². The van der Waals surface area contributed by atoms with E-state index >= 15 is 0 Å². The van der Waals surface area contributed by atoms with E-state index in [1.54, 1.807) is 43.4 Å². The summed E-state index contributed by atoms with van der Waals surface area (Å²) in [4.78, 5) is 6.23. The van der Waals surface area contributed by atoms with Crippen LogP contribution in [0.4, 0.5) is 18.9 Å². The zero-order valence-corrected chi connectivity index (χ0v) is 15.5. The lowest BCUT2D eigenvalue weighted by molar-refractivity contribution is -0.0495. The van der Waals surface area contributed by atoms with Crippen LogP contribution in [0.2, 0.25) is 0 Å². The van der Waals surface area contributed by atoms with Crippen molar-refractivity contribution in [1.82, 2.24) is 10.6 Å². The topological polar surface area (TPSA) is 48.9 Å². The van der Waals surface area contributed by atoms with Gasteiger partial charge in [-0.25, -0.2) is 4.39 Å². The lowest BCUT2D eigenvalue weighted by Crippen LogP contribution is -2.44. The maximum absolute atomic E-state index is 13.0. The van der Waals surface area contributed by atoms with Crippen molar-refractivity contribution in [2.24, 2.45) is 4.99 Å². The Morgan fingerprint density at radius 1 is 1.21 bits per heavy atom. The Morgan fingerprint density at radius 2 is 1.96 bits per heavy atom. The van der Waals surface area contributed by atoms with Gasteiger partial charge in [-0.05, 0) is 36.2 Å². The summed E-state index contributed by atoms with van der Waals surface area (Å²) in [5, 5.41) is 6.54. The molecule has 1 atom stereocenters. The van der Waals surface area contributed by atoms with E-state index in [1.807, 2.05) is 4.90 Å². The molecule has 0 bridgehead atoms. The molecule has 150 valence electrons. The number of hydrogen-bond acceptors (Lipinski definition) is 3. The van der Waals surface area contributed by atoms with Crippen LogP contribution in [0.1, 0.15) is 12.0 Å². The van der Waals surface area contributed by atoms with E-state index in [2.05, 4.69) is 20.4 Å². The number of alkyl halides is 2. The maximum Gasteiger partial charge on any atom is 0.387 e. The second-order valence-electron chi connectivity index (χ2n) is 6.47. The molecule has 1 heterocycles. The van der Waals surface area contributed by atoms with Gasteiger partial charge in [0.2, 0.25) is 0 Å². The molecule has 1 saturated heterocycles. The van der Waals surface area contributed by atoms with E-state index in [1.165, 1.54) is 12.1 Å². The number of para-hydroxylation sites is 2. The number of anilines is 1. The van der Waals surface area contributed by atoms with Crippen LogP contribution in [-0.4, -0.2) is 38.8 Å². The summed E-state index contributed by atoms with van der Waals surface area (Å²) < 4.78 is 42.9. The van der Waals surface area contributed by atoms with Crippen LogP contribution in [0.25, 0.3) is 0 Å². The minimum Gasteiger partial charge on any atom is -0.433 e. The number of rotatable bonds is 6. The van der Waals surface area contributed by atoms with Gasteiger partial charge in [0.05, 0.1) is 5.69 Å². The molecule has 2 N–H and O–H groups in total. The molecule has 0 saturated carbocycles. The first-order valence-electron chi connectivity index (χ1n) is 9.05. The van der Waals surface area contributed by atoms with E-state index in [0.717, 1.165) is 18.5 Å². The fraction of sp³-hybridized carbons (Fsp3) is 0.350. The number of benzene rings is 2. The van der Waals surface area contributed by atoms with Gasteiger partial charge >= 0.3 is 6.61 Å². The predicted molar refractivity (Wildman–Crippen MR) is 103 cm³/mol. The molecule has 0 radical (unpaired) electrons. The van der Waals surface area contributed by atoms with Gasteiger partial charge < -0.3 is 20.3 Å². The molecule has 28 heavy (non-hydrogen) atoms. The molecule has 2 aromatic carbocycles. The molecule has 1 aliphatic heterocycles. The third kappa shape index (κ3) is 5.31. The van der Waals surface area contributed by atoms with Crippen LogP contribution in [0.15, 0.2) is 53.5 Å². The number of halogens is 3. The van der Waals surface area contributed by atoms with Crippen LogP contribution in [0, 0.1) is 5.82 Å². The Kier molecular flexibility index (Phi) is 6.62. The molecular weight excluding hydrogens is 369 g/mol. The SMILES string of the molecule is CN=C(NCc1ccc(F)cc1)NC1CCN(c2ccccc2OC(F)F)C1. The van der Waals surface area contributed by atoms with Crippen molar-refractivity contribution in [1.29, 1.82) is 0 Å². The molecule has 1 aliphatic rings. The molecule has 3 rings (SSSR count).